The summed E-state index contributed by atoms with van der Waals surface area (Å²) in [6, 6.07) is 11.5. The third-order valence-corrected chi connectivity index (χ3v) is 3.47. The van der Waals surface area contributed by atoms with Crippen LogP contribution in [0.25, 0.3) is 0 Å². The average Bonchev–Trinajstić information content (AvgIpc) is 2.45. The Morgan fingerprint density at radius 3 is 2.45 bits per heavy atom. The molecule has 0 amide bonds. The van der Waals surface area contributed by atoms with Gasteiger partial charge in [0.05, 0.1) is 0 Å². The van der Waals surface area contributed by atoms with Crippen LogP contribution in [0.4, 0.5) is 20.2 Å². The van der Waals surface area contributed by atoms with E-state index in [4.69, 9.17) is 23.8 Å². The number of alkyl halides is 2. The van der Waals surface area contributed by atoms with E-state index in [1.807, 2.05) is 19.1 Å². The molecule has 0 saturated carbocycles. The summed E-state index contributed by atoms with van der Waals surface area (Å²) in [5.74, 6) is 0.0881. The van der Waals surface area contributed by atoms with Gasteiger partial charge in [-0.15, -0.1) is 0 Å². The lowest BCUT2D eigenvalue weighted by Crippen LogP contribution is -2.19. The van der Waals surface area contributed by atoms with Crippen LogP contribution < -0.4 is 15.4 Å². The van der Waals surface area contributed by atoms with Crippen LogP contribution in [0.2, 0.25) is 5.02 Å². The number of hydrogen-bond donors (Lipinski definition) is 2. The van der Waals surface area contributed by atoms with Crippen molar-refractivity contribution in [3.8, 4) is 5.75 Å². The molecule has 0 aliphatic heterocycles. The first-order chi connectivity index (χ1) is 10.5. The Balaban J connectivity index is 1.98. The highest BCUT2D eigenvalue weighted by atomic mass is 35.5. The van der Waals surface area contributed by atoms with Crippen LogP contribution >= 0.6 is 23.8 Å². The van der Waals surface area contributed by atoms with Gasteiger partial charge in [0.25, 0.3) is 0 Å². The van der Waals surface area contributed by atoms with Crippen LogP contribution in [0, 0.1) is 6.92 Å². The molecule has 116 valence electrons. The van der Waals surface area contributed by atoms with Crippen LogP contribution in [0.15, 0.2) is 42.5 Å². The van der Waals surface area contributed by atoms with Crippen molar-refractivity contribution >= 4 is 40.3 Å². The number of benzene rings is 2. The maximum Gasteiger partial charge on any atom is 0.387 e. The topological polar surface area (TPSA) is 33.3 Å². The van der Waals surface area contributed by atoms with Crippen LogP contribution in [0.1, 0.15) is 5.56 Å². The van der Waals surface area contributed by atoms with Crippen LogP contribution in [-0.4, -0.2) is 11.7 Å². The monoisotopic (exact) mass is 342 g/mol. The van der Waals surface area contributed by atoms with Gasteiger partial charge in [0, 0.05) is 16.4 Å². The second-order valence-electron chi connectivity index (χ2n) is 4.39. The SMILES string of the molecule is Cc1c(Cl)cccc1NC(=S)Nc1ccc(OC(F)F)cc1. The van der Waals surface area contributed by atoms with E-state index in [0.717, 1.165) is 11.3 Å². The molecule has 2 rings (SSSR count). The van der Waals surface area contributed by atoms with Gasteiger partial charge in [0.1, 0.15) is 5.75 Å². The lowest BCUT2D eigenvalue weighted by Gasteiger charge is -2.13. The average molecular weight is 343 g/mol. The van der Waals surface area contributed by atoms with E-state index in [1.54, 1.807) is 18.2 Å². The number of hydrogen-bond acceptors (Lipinski definition) is 2. The number of anilines is 2. The fourth-order valence-corrected chi connectivity index (χ4v) is 2.15. The Bertz CT molecular complexity index is 665. The van der Waals surface area contributed by atoms with Crippen molar-refractivity contribution in [3.63, 3.8) is 0 Å². The Kier molecular flexibility index (Phi) is 5.51. The molecule has 3 nitrogen and oxygen atoms in total. The maximum atomic E-state index is 12.1. The van der Waals surface area contributed by atoms with E-state index in [0.29, 0.717) is 15.8 Å². The van der Waals surface area contributed by atoms with Gasteiger partial charge < -0.3 is 15.4 Å². The normalized spacial score (nSPS) is 10.4. The molecule has 0 unspecified atom stereocenters. The van der Waals surface area contributed by atoms with Gasteiger partial charge in [0.2, 0.25) is 0 Å². The van der Waals surface area contributed by atoms with E-state index < -0.39 is 6.61 Å². The zero-order chi connectivity index (χ0) is 16.1. The minimum absolute atomic E-state index is 0.0881. The lowest BCUT2D eigenvalue weighted by atomic mass is 10.2. The summed E-state index contributed by atoms with van der Waals surface area (Å²) in [7, 11) is 0. The summed E-state index contributed by atoms with van der Waals surface area (Å²) in [6.07, 6.45) is 0. The van der Waals surface area contributed by atoms with Crippen molar-refractivity contribution in [2.75, 3.05) is 10.6 Å². The smallest absolute Gasteiger partial charge is 0.387 e. The Morgan fingerprint density at radius 1 is 1.14 bits per heavy atom. The summed E-state index contributed by atoms with van der Waals surface area (Å²) >= 11 is 11.2. The van der Waals surface area contributed by atoms with Gasteiger partial charge in [-0.05, 0) is 61.1 Å². The van der Waals surface area contributed by atoms with Gasteiger partial charge in [0.15, 0.2) is 5.11 Å². The van der Waals surface area contributed by atoms with Crippen molar-refractivity contribution in [2.45, 2.75) is 13.5 Å². The lowest BCUT2D eigenvalue weighted by molar-refractivity contribution is -0.0498. The molecular weight excluding hydrogens is 330 g/mol. The maximum absolute atomic E-state index is 12.1. The highest BCUT2D eigenvalue weighted by Gasteiger charge is 2.06. The summed E-state index contributed by atoms with van der Waals surface area (Å²) < 4.78 is 28.4. The third-order valence-electron chi connectivity index (χ3n) is 2.85. The second kappa shape index (κ2) is 7.38. The number of nitrogens with one attached hydrogen (secondary N) is 2. The third kappa shape index (κ3) is 4.54. The predicted molar refractivity (Wildman–Crippen MR) is 89.1 cm³/mol. The molecule has 0 aliphatic rings. The molecule has 0 spiro atoms. The Hall–Kier alpha value is -1.92. The number of halogens is 3. The standard InChI is InChI=1S/C15H13ClF2N2OS/c1-9-12(16)3-2-4-13(9)20-15(22)19-10-5-7-11(8-6-10)21-14(17)18/h2-8,14H,1H3,(H2,19,20,22). The van der Waals surface area contributed by atoms with Crippen molar-refractivity contribution in [3.05, 3.63) is 53.1 Å². The quantitative estimate of drug-likeness (QED) is 0.761. The molecule has 2 N–H and O–H groups in total. The van der Waals surface area contributed by atoms with E-state index in [2.05, 4.69) is 15.4 Å². The molecule has 0 atom stereocenters. The van der Waals surface area contributed by atoms with Crippen molar-refractivity contribution in [1.29, 1.82) is 0 Å². The summed E-state index contributed by atoms with van der Waals surface area (Å²) in [4.78, 5) is 0. The van der Waals surface area contributed by atoms with Gasteiger partial charge in [-0.25, -0.2) is 0 Å². The Morgan fingerprint density at radius 2 is 1.82 bits per heavy atom. The Labute approximate surface area is 137 Å². The molecule has 7 heteroatoms. The molecule has 0 bridgehead atoms. The first-order valence-corrected chi connectivity index (χ1v) is 7.12. The molecule has 0 radical (unpaired) electrons. The molecule has 0 heterocycles. The van der Waals surface area contributed by atoms with Gasteiger partial charge in [-0.2, -0.15) is 8.78 Å². The van der Waals surface area contributed by atoms with E-state index in [9.17, 15) is 8.78 Å². The fourth-order valence-electron chi connectivity index (χ4n) is 1.75. The highest BCUT2D eigenvalue weighted by Crippen LogP contribution is 2.23. The van der Waals surface area contributed by atoms with Crippen molar-refractivity contribution < 1.29 is 13.5 Å². The van der Waals surface area contributed by atoms with Crippen LogP contribution in [0.5, 0.6) is 5.75 Å². The largest absolute Gasteiger partial charge is 0.435 e. The molecule has 2 aromatic carbocycles. The number of rotatable bonds is 4. The minimum atomic E-state index is -2.84. The zero-order valence-electron chi connectivity index (χ0n) is 11.6. The molecule has 0 aliphatic carbocycles. The van der Waals surface area contributed by atoms with Crippen LogP contribution in [0.3, 0.4) is 0 Å². The van der Waals surface area contributed by atoms with Crippen LogP contribution in [-0.2, 0) is 0 Å². The molecule has 0 saturated heterocycles. The van der Waals surface area contributed by atoms with Gasteiger partial charge in [-0.1, -0.05) is 17.7 Å². The number of thiocarbonyl (C=S) groups is 1. The first-order valence-electron chi connectivity index (χ1n) is 6.33. The second-order valence-corrected chi connectivity index (χ2v) is 5.21. The van der Waals surface area contributed by atoms with Gasteiger partial charge >= 0.3 is 6.61 Å². The summed E-state index contributed by atoms with van der Waals surface area (Å²) in [5, 5.41) is 6.99. The summed E-state index contributed by atoms with van der Waals surface area (Å²) in [6.45, 7) is -0.962. The number of ether oxygens (including phenoxy) is 1. The summed E-state index contributed by atoms with van der Waals surface area (Å²) in [5.41, 5.74) is 2.33. The predicted octanol–water partition coefficient (Wildman–Crippen LogP) is 5.06. The first kappa shape index (κ1) is 16.5. The minimum Gasteiger partial charge on any atom is -0.435 e. The molecule has 0 aromatic heterocycles. The van der Waals surface area contributed by atoms with Crippen molar-refractivity contribution in [2.24, 2.45) is 0 Å². The highest BCUT2D eigenvalue weighted by molar-refractivity contribution is 7.80. The fraction of sp³-hybridized carbons (Fsp3) is 0.133. The molecule has 2 aromatic rings. The molecular formula is C15H13ClF2N2OS. The van der Waals surface area contributed by atoms with E-state index in [1.165, 1.54) is 12.1 Å². The van der Waals surface area contributed by atoms with Gasteiger partial charge in [-0.3, -0.25) is 0 Å². The van der Waals surface area contributed by atoms with Crippen molar-refractivity contribution in [1.82, 2.24) is 0 Å². The van der Waals surface area contributed by atoms with E-state index in [-0.39, 0.29) is 5.75 Å². The zero-order valence-corrected chi connectivity index (χ0v) is 13.1. The van der Waals surface area contributed by atoms with E-state index >= 15 is 0 Å². The molecule has 0 fully saturated rings. The molecule has 22 heavy (non-hydrogen) atoms.